The Morgan fingerprint density at radius 3 is 2.96 bits per heavy atom. The van der Waals surface area contributed by atoms with Crippen molar-refractivity contribution >= 4 is 32.6 Å². The van der Waals surface area contributed by atoms with Crippen molar-refractivity contribution in [2.45, 2.75) is 25.3 Å². The number of thiazole rings is 1. The first kappa shape index (κ1) is 15.1. The van der Waals surface area contributed by atoms with Gasteiger partial charge in [0.15, 0.2) is 5.13 Å². The fourth-order valence-corrected chi connectivity index (χ4v) is 3.99. The summed E-state index contributed by atoms with van der Waals surface area (Å²) in [5, 5.41) is 3.66. The molecule has 1 aromatic carbocycles. The highest BCUT2D eigenvalue weighted by Gasteiger charge is 2.32. The predicted octanol–water partition coefficient (Wildman–Crippen LogP) is 2.74. The number of hydrogen-bond donors (Lipinski definition) is 1. The smallest absolute Gasteiger partial charge is 0.240 e. The largest absolute Gasteiger partial charge is 0.381 e. The molecule has 1 saturated carbocycles. The van der Waals surface area contributed by atoms with Gasteiger partial charge in [0.05, 0.1) is 23.4 Å². The molecule has 4 rings (SSSR count). The molecule has 2 aromatic rings. The number of para-hydroxylation sites is 1. The third-order valence-electron chi connectivity index (χ3n) is 4.47. The van der Waals surface area contributed by atoms with Gasteiger partial charge in [0.2, 0.25) is 5.91 Å². The molecule has 1 aliphatic heterocycles. The van der Waals surface area contributed by atoms with Crippen LogP contribution in [-0.2, 0) is 9.53 Å². The molecule has 0 radical (unpaired) electrons. The highest BCUT2D eigenvalue weighted by molar-refractivity contribution is 7.22. The molecule has 2 heterocycles. The summed E-state index contributed by atoms with van der Waals surface area (Å²) in [7, 11) is 0. The highest BCUT2D eigenvalue weighted by Crippen LogP contribution is 2.29. The fourth-order valence-electron chi connectivity index (χ4n) is 3.11. The average molecular weight is 331 g/mol. The summed E-state index contributed by atoms with van der Waals surface area (Å²) in [4.78, 5) is 19.2. The molecule has 2 aliphatic rings. The summed E-state index contributed by atoms with van der Waals surface area (Å²) >= 11 is 1.53. The van der Waals surface area contributed by atoms with Crippen LogP contribution in [0.4, 0.5) is 5.13 Å². The van der Waals surface area contributed by atoms with E-state index in [2.05, 4.69) is 15.2 Å². The summed E-state index contributed by atoms with van der Waals surface area (Å²) in [5.74, 6) is 0.612. The maximum Gasteiger partial charge on any atom is 0.240 e. The van der Waals surface area contributed by atoms with Gasteiger partial charge in [-0.3, -0.25) is 9.69 Å². The van der Waals surface area contributed by atoms with Gasteiger partial charge in [0.25, 0.3) is 0 Å². The van der Waals surface area contributed by atoms with Crippen molar-refractivity contribution in [3.05, 3.63) is 24.3 Å². The van der Waals surface area contributed by atoms with Gasteiger partial charge in [-0.25, -0.2) is 4.98 Å². The zero-order valence-corrected chi connectivity index (χ0v) is 13.8. The number of fused-ring (bicyclic) bond motifs is 1. The highest BCUT2D eigenvalue weighted by atomic mass is 32.1. The third kappa shape index (κ3) is 3.71. The standard InChI is InChI=1S/C17H21N3O2S/c21-16(19-17-18-14-3-1-2-4-15(14)23-17)10-20(13-5-6-13)9-12-7-8-22-11-12/h1-4,12-13H,5-11H2,(H,18,19,21)/t12-/m0/s1. The van der Waals surface area contributed by atoms with E-state index in [1.807, 2.05) is 24.3 Å². The van der Waals surface area contributed by atoms with Crippen molar-refractivity contribution in [2.75, 3.05) is 31.6 Å². The lowest BCUT2D eigenvalue weighted by Crippen LogP contribution is -2.38. The van der Waals surface area contributed by atoms with Gasteiger partial charge in [-0.1, -0.05) is 23.5 Å². The van der Waals surface area contributed by atoms with Crippen LogP contribution >= 0.6 is 11.3 Å². The molecule has 0 spiro atoms. The van der Waals surface area contributed by atoms with E-state index in [-0.39, 0.29) is 5.91 Å². The Labute approximate surface area is 139 Å². The molecule has 1 amide bonds. The first-order chi connectivity index (χ1) is 11.3. The number of amides is 1. The lowest BCUT2D eigenvalue weighted by atomic mass is 10.1. The zero-order valence-electron chi connectivity index (χ0n) is 13.0. The van der Waals surface area contributed by atoms with Gasteiger partial charge < -0.3 is 10.1 Å². The van der Waals surface area contributed by atoms with Crippen molar-refractivity contribution in [1.29, 1.82) is 0 Å². The molecule has 23 heavy (non-hydrogen) atoms. The average Bonchev–Trinajstić information content (AvgIpc) is 3.11. The molecule has 1 aromatic heterocycles. The number of rotatable bonds is 6. The van der Waals surface area contributed by atoms with E-state index in [0.717, 1.165) is 36.4 Å². The topological polar surface area (TPSA) is 54.5 Å². The van der Waals surface area contributed by atoms with Gasteiger partial charge in [0, 0.05) is 19.2 Å². The van der Waals surface area contributed by atoms with Crippen molar-refractivity contribution in [3.8, 4) is 0 Å². The number of nitrogens with zero attached hydrogens (tertiary/aromatic N) is 2. The van der Waals surface area contributed by atoms with Crippen molar-refractivity contribution in [1.82, 2.24) is 9.88 Å². The first-order valence-electron chi connectivity index (χ1n) is 8.25. The second kappa shape index (κ2) is 6.55. The number of aromatic nitrogens is 1. The summed E-state index contributed by atoms with van der Waals surface area (Å²) in [5.41, 5.74) is 0.940. The van der Waals surface area contributed by atoms with Gasteiger partial charge in [-0.2, -0.15) is 0 Å². The van der Waals surface area contributed by atoms with Crippen LogP contribution in [0.1, 0.15) is 19.3 Å². The molecule has 0 unspecified atom stereocenters. The predicted molar refractivity (Wildman–Crippen MR) is 91.8 cm³/mol. The fraction of sp³-hybridized carbons (Fsp3) is 0.529. The van der Waals surface area contributed by atoms with Crippen LogP contribution in [0, 0.1) is 5.92 Å². The van der Waals surface area contributed by atoms with Gasteiger partial charge in [-0.15, -0.1) is 0 Å². The number of nitrogens with one attached hydrogen (secondary N) is 1. The van der Waals surface area contributed by atoms with Crippen molar-refractivity contribution in [2.24, 2.45) is 5.92 Å². The molecule has 2 fully saturated rings. The van der Waals surface area contributed by atoms with Crippen molar-refractivity contribution < 1.29 is 9.53 Å². The Morgan fingerprint density at radius 1 is 1.35 bits per heavy atom. The normalized spacial score (nSPS) is 21.2. The van der Waals surface area contributed by atoms with Crippen molar-refractivity contribution in [3.63, 3.8) is 0 Å². The van der Waals surface area contributed by atoms with Gasteiger partial charge >= 0.3 is 0 Å². The maximum atomic E-state index is 12.4. The van der Waals surface area contributed by atoms with Gasteiger partial charge in [-0.05, 0) is 37.3 Å². The molecule has 0 bridgehead atoms. The van der Waals surface area contributed by atoms with Crippen LogP contribution in [-0.4, -0.2) is 48.1 Å². The third-order valence-corrected chi connectivity index (χ3v) is 5.42. The molecular weight excluding hydrogens is 310 g/mol. The van der Waals surface area contributed by atoms with Crippen LogP contribution in [0.25, 0.3) is 10.2 Å². The Kier molecular flexibility index (Phi) is 4.29. The van der Waals surface area contributed by atoms with Crippen LogP contribution < -0.4 is 5.32 Å². The molecule has 6 heteroatoms. The summed E-state index contributed by atoms with van der Waals surface area (Å²) < 4.78 is 6.56. The zero-order chi connectivity index (χ0) is 15.6. The molecule has 1 N–H and O–H groups in total. The number of ether oxygens (including phenoxy) is 1. The minimum absolute atomic E-state index is 0.0369. The lowest BCUT2D eigenvalue weighted by Gasteiger charge is -2.23. The van der Waals surface area contributed by atoms with E-state index in [1.165, 1.54) is 24.2 Å². The number of carbonyl (C=O) groups excluding carboxylic acids is 1. The minimum atomic E-state index is 0.0369. The molecule has 5 nitrogen and oxygen atoms in total. The molecule has 122 valence electrons. The summed E-state index contributed by atoms with van der Waals surface area (Å²) in [6.45, 7) is 3.12. The van der Waals surface area contributed by atoms with Crippen LogP contribution in [0.5, 0.6) is 0 Å². The Balaban J connectivity index is 1.37. The quantitative estimate of drug-likeness (QED) is 0.884. The molecule has 1 atom stereocenters. The monoisotopic (exact) mass is 331 g/mol. The lowest BCUT2D eigenvalue weighted by molar-refractivity contribution is -0.117. The Hall–Kier alpha value is -1.50. The second-order valence-electron chi connectivity index (χ2n) is 6.43. The SMILES string of the molecule is O=C(CN(C[C@@H]1CCOC1)C1CC1)Nc1nc2ccccc2s1. The number of carbonyl (C=O) groups is 1. The molecule has 1 saturated heterocycles. The molecular formula is C17H21N3O2S. The van der Waals surface area contributed by atoms with E-state index in [9.17, 15) is 4.79 Å². The minimum Gasteiger partial charge on any atom is -0.381 e. The molecule has 1 aliphatic carbocycles. The summed E-state index contributed by atoms with van der Waals surface area (Å²) in [6, 6.07) is 8.53. The van der Waals surface area contributed by atoms with E-state index in [4.69, 9.17) is 4.74 Å². The second-order valence-corrected chi connectivity index (χ2v) is 7.46. The van der Waals surface area contributed by atoms with E-state index in [1.54, 1.807) is 0 Å². The number of benzene rings is 1. The first-order valence-corrected chi connectivity index (χ1v) is 9.07. The Bertz CT molecular complexity index is 659. The summed E-state index contributed by atoms with van der Waals surface area (Å²) in [6.07, 6.45) is 3.53. The van der Waals surface area contributed by atoms with E-state index >= 15 is 0 Å². The van der Waals surface area contributed by atoms with Crippen LogP contribution in [0.2, 0.25) is 0 Å². The van der Waals surface area contributed by atoms with Gasteiger partial charge in [0.1, 0.15) is 0 Å². The van der Waals surface area contributed by atoms with E-state index < -0.39 is 0 Å². The Morgan fingerprint density at radius 2 is 2.22 bits per heavy atom. The maximum absolute atomic E-state index is 12.4. The number of anilines is 1. The van der Waals surface area contributed by atoms with E-state index in [0.29, 0.717) is 23.6 Å². The van der Waals surface area contributed by atoms with Crippen LogP contribution in [0.3, 0.4) is 0 Å². The number of hydrogen-bond acceptors (Lipinski definition) is 5. The van der Waals surface area contributed by atoms with Crippen LogP contribution in [0.15, 0.2) is 24.3 Å².